The molecule has 0 bridgehead atoms. The molecule has 0 unspecified atom stereocenters. The van der Waals surface area contributed by atoms with E-state index in [0.717, 1.165) is 0 Å². The maximum absolute atomic E-state index is 12.0. The number of nitrogens with zero attached hydrogens (tertiary/aromatic N) is 1. The first kappa shape index (κ1) is 15.9. The molecule has 0 amide bonds. The summed E-state index contributed by atoms with van der Waals surface area (Å²) in [6.45, 7) is -0.0499. The van der Waals surface area contributed by atoms with Crippen molar-refractivity contribution in [2.45, 2.75) is 11.2 Å². The molecule has 0 atom stereocenters. The average molecular weight is 305 g/mol. The summed E-state index contributed by atoms with van der Waals surface area (Å²) in [5.41, 5.74) is 0.288. The van der Waals surface area contributed by atoms with E-state index in [2.05, 4.69) is 4.72 Å². The van der Waals surface area contributed by atoms with E-state index in [9.17, 15) is 8.42 Å². The van der Waals surface area contributed by atoms with Crippen LogP contribution in [0.25, 0.3) is 0 Å². The van der Waals surface area contributed by atoms with Gasteiger partial charge in [-0.05, 0) is 18.2 Å². The third-order valence-corrected chi connectivity index (χ3v) is 4.22. The highest BCUT2D eigenvalue weighted by Gasteiger charge is 2.19. The topological polar surface area (TPSA) is 88.4 Å². The van der Waals surface area contributed by atoms with Gasteiger partial charge in [0.05, 0.1) is 23.2 Å². The monoisotopic (exact) mass is 304 g/mol. The van der Waals surface area contributed by atoms with Crippen molar-refractivity contribution >= 4 is 21.6 Å². The van der Waals surface area contributed by atoms with Crippen LogP contribution in [0.2, 0.25) is 5.02 Å². The van der Waals surface area contributed by atoms with Crippen molar-refractivity contribution in [1.82, 2.24) is 4.72 Å². The second-order valence-electron chi connectivity index (χ2n) is 3.51. The van der Waals surface area contributed by atoms with Gasteiger partial charge in [-0.25, -0.2) is 13.1 Å². The van der Waals surface area contributed by atoms with Gasteiger partial charge in [-0.1, -0.05) is 11.6 Å². The van der Waals surface area contributed by atoms with Crippen LogP contribution in [-0.4, -0.2) is 35.5 Å². The van der Waals surface area contributed by atoms with Crippen LogP contribution < -0.4 is 4.72 Å². The minimum absolute atomic E-state index is 0.0158. The number of benzene rings is 1. The molecule has 0 spiro atoms. The molecule has 1 aromatic carbocycles. The molecule has 1 N–H and O–H groups in total. The Balaban J connectivity index is 2.92. The van der Waals surface area contributed by atoms with Gasteiger partial charge in [0.1, 0.15) is 4.90 Å². The number of ether oxygens (including phenoxy) is 2. The van der Waals surface area contributed by atoms with Crippen LogP contribution in [0.5, 0.6) is 0 Å². The molecule has 0 radical (unpaired) electrons. The first-order valence-electron chi connectivity index (χ1n) is 5.19. The number of nitriles is 1. The summed E-state index contributed by atoms with van der Waals surface area (Å²) >= 11 is 5.84. The molecule has 0 saturated carbocycles. The van der Waals surface area contributed by atoms with E-state index < -0.39 is 16.3 Å². The Morgan fingerprint density at radius 1 is 1.42 bits per heavy atom. The van der Waals surface area contributed by atoms with Gasteiger partial charge in [0, 0.05) is 14.2 Å². The summed E-state index contributed by atoms with van der Waals surface area (Å²) in [4.78, 5) is -0.0980. The van der Waals surface area contributed by atoms with E-state index in [0.29, 0.717) is 0 Å². The first-order valence-corrected chi connectivity index (χ1v) is 7.05. The molecule has 19 heavy (non-hydrogen) atoms. The van der Waals surface area contributed by atoms with Crippen LogP contribution in [0.1, 0.15) is 5.56 Å². The highest BCUT2D eigenvalue weighted by molar-refractivity contribution is 7.89. The van der Waals surface area contributed by atoms with Crippen molar-refractivity contribution in [3.8, 4) is 6.07 Å². The Labute approximate surface area is 116 Å². The quantitative estimate of drug-likeness (QED) is 0.795. The molecule has 0 aliphatic rings. The van der Waals surface area contributed by atoms with Crippen molar-refractivity contribution in [3.05, 3.63) is 28.8 Å². The summed E-state index contributed by atoms with van der Waals surface area (Å²) in [6.07, 6.45) is -0.688. The minimum Gasteiger partial charge on any atom is -0.355 e. The molecule has 0 heterocycles. The molecule has 0 fully saturated rings. The lowest BCUT2D eigenvalue weighted by Gasteiger charge is -2.14. The number of methoxy groups -OCH3 is 2. The highest BCUT2D eigenvalue weighted by atomic mass is 35.5. The highest BCUT2D eigenvalue weighted by Crippen LogP contribution is 2.22. The molecule has 1 aromatic rings. The molecule has 0 aliphatic heterocycles. The molecule has 0 aromatic heterocycles. The van der Waals surface area contributed by atoms with E-state index in [1.54, 1.807) is 0 Å². The molecule has 8 heteroatoms. The zero-order valence-corrected chi connectivity index (χ0v) is 12.0. The smallest absolute Gasteiger partial charge is 0.242 e. The third kappa shape index (κ3) is 4.16. The van der Waals surface area contributed by atoms with Gasteiger partial charge in [-0.15, -0.1) is 0 Å². The van der Waals surface area contributed by atoms with Gasteiger partial charge < -0.3 is 9.47 Å². The SMILES string of the molecule is COC(CNS(=O)(=O)c1ccc(C#N)cc1Cl)OC. The lowest BCUT2D eigenvalue weighted by molar-refractivity contribution is -0.0960. The van der Waals surface area contributed by atoms with Crippen molar-refractivity contribution in [1.29, 1.82) is 5.26 Å². The van der Waals surface area contributed by atoms with Crippen LogP contribution in [0.4, 0.5) is 0 Å². The predicted molar refractivity (Wildman–Crippen MR) is 69.2 cm³/mol. The zero-order chi connectivity index (χ0) is 14.5. The van der Waals surface area contributed by atoms with E-state index >= 15 is 0 Å². The maximum atomic E-state index is 12.0. The lowest BCUT2D eigenvalue weighted by Crippen LogP contribution is -2.34. The molecular formula is C11H13ClN2O4S. The van der Waals surface area contributed by atoms with Crippen LogP contribution in [0.15, 0.2) is 23.1 Å². The summed E-state index contributed by atoms with van der Waals surface area (Å²) in [5, 5.41) is 8.67. The largest absolute Gasteiger partial charge is 0.355 e. The molecule has 0 saturated heterocycles. The van der Waals surface area contributed by atoms with Crippen molar-refractivity contribution in [2.24, 2.45) is 0 Å². The fourth-order valence-electron chi connectivity index (χ4n) is 1.31. The van der Waals surface area contributed by atoms with Gasteiger partial charge in [-0.3, -0.25) is 0 Å². The van der Waals surface area contributed by atoms with Gasteiger partial charge in [0.25, 0.3) is 0 Å². The number of hydrogen-bond donors (Lipinski definition) is 1. The van der Waals surface area contributed by atoms with Crippen LogP contribution in [-0.2, 0) is 19.5 Å². The second kappa shape index (κ2) is 6.84. The second-order valence-corrected chi connectivity index (χ2v) is 5.65. The van der Waals surface area contributed by atoms with E-state index in [1.165, 1.54) is 32.4 Å². The van der Waals surface area contributed by atoms with Crippen molar-refractivity contribution in [3.63, 3.8) is 0 Å². The maximum Gasteiger partial charge on any atom is 0.242 e. The summed E-state index contributed by atoms with van der Waals surface area (Å²) in [6, 6.07) is 5.82. The Bertz CT molecular complexity index is 579. The molecule has 6 nitrogen and oxygen atoms in total. The number of hydrogen-bond acceptors (Lipinski definition) is 5. The van der Waals surface area contributed by atoms with Crippen LogP contribution >= 0.6 is 11.6 Å². The molecular weight excluding hydrogens is 292 g/mol. The van der Waals surface area contributed by atoms with Crippen LogP contribution in [0.3, 0.4) is 0 Å². The lowest BCUT2D eigenvalue weighted by atomic mass is 10.2. The fourth-order valence-corrected chi connectivity index (χ4v) is 2.87. The van der Waals surface area contributed by atoms with Gasteiger partial charge >= 0.3 is 0 Å². The zero-order valence-electron chi connectivity index (χ0n) is 10.4. The Hall–Kier alpha value is -1.17. The normalized spacial score (nSPS) is 11.5. The Morgan fingerprint density at radius 3 is 2.53 bits per heavy atom. The minimum atomic E-state index is -3.78. The van der Waals surface area contributed by atoms with Crippen molar-refractivity contribution in [2.75, 3.05) is 20.8 Å². The summed E-state index contributed by atoms with van der Waals surface area (Å²) in [5.74, 6) is 0. The number of rotatable bonds is 6. The molecule has 0 aliphatic carbocycles. The standard InChI is InChI=1S/C11H13ClN2O4S/c1-17-11(18-2)7-14-19(15,16)10-4-3-8(6-13)5-9(10)12/h3-5,11,14H,7H2,1-2H3. The summed E-state index contributed by atoms with van der Waals surface area (Å²) < 4.78 is 36.1. The van der Waals surface area contributed by atoms with E-state index in [1.807, 2.05) is 6.07 Å². The van der Waals surface area contributed by atoms with Crippen LogP contribution in [0, 0.1) is 11.3 Å². The number of nitrogens with one attached hydrogen (secondary N) is 1. The average Bonchev–Trinajstić information content (AvgIpc) is 2.39. The Morgan fingerprint density at radius 2 is 2.05 bits per heavy atom. The van der Waals surface area contributed by atoms with E-state index in [4.69, 9.17) is 26.3 Å². The first-order chi connectivity index (χ1) is 8.94. The number of halogens is 1. The third-order valence-electron chi connectivity index (χ3n) is 2.32. The Kier molecular flexibility index (Phi) is 5.72. The van der Waals surface area contributed by atoms with Gasteiger partial charge in [-0.2, -0.15) is 5.26 Å². The van der Waals surface area contributed by atoms with Gasteiger partial charge in [0.2, 0.25) is 10.0 Å². The summed E-state index contributed by atoms with van der Waals surface area (Å²) in [7, 11) is -0.983. The predicted octanol–water partition coefficient (Wildman–Crippen LogP) is 1.11. The van der Waals surface area contributed by atoms with Gasteiger partial charge in [0.15, 0.2) is 6.29 Å². The van der Waals surface area contributed by atoms with E-state index in [-0.39, 0.29) is 22.0 Å². The number of sulfonamides is 1. The fraction of sp³-hybridized carbons (Fsp3) is 0.364. The molecule has 1 rings (SSSR count). The molecule has 104 valence electrons. The van der Waals surface area contributed by atoms with Crippen molar-refractivity contribution < 1.29 is 17.9 Å².